The molecule has 0 heterocycles. The van der Waals surface area contributed by atoms with Crippen molar-refractivity contribution in [1.82, 2.24) is 0 Å². The summed E-state index contributed by atoms with van der Waals surface area (Å²) in [6, 6.07) is 6.28. The number of allylic oxidation sites excluding steroid dienone is 6. The van der Waals surface area contributed by atoms with Gasteiger partial charge in [0.05, 0.1) is 20.0 Å². The molecule has 0 amide bonds. The van der Waals surface area contributed by atoms with E-state index in [9.17, 15) is 0 Å². The van der Waals surface area contributed by atoms with Gasteiger partial charge in [0.1, 0.15) is 5.75 Å². The molecule has 0 aliphatic heterocycles. The van der Waals surface area contributed by atoms with E-state index in [1.54, 1.807) is 14.2 Å². The minimum atomic E-state index is 0.791. The molecule has 110 valence electrons. The van der Waals surface area contributed by atoms with Crippen LogP contribution in [0.3, 0.4) is 0 Å². The number of rotatable bonds is 5. The van der Waals surface area contributed by atoms with Crippen molar-refractivity contribution < 1.29 is 9.47 Å². The SMILES string of the molecule is C=CCC1=CC=C(OC)CC(c2ccc(OC)c(C)c2)=C1. The third-order valence-corrected chi connectivity index (χ3v) is 3.62. The number of hydrogen-bond acceptors (Lipinski definition) is 2. The zero-order valence-corrected chi connectivity index (χ0v) is 13.0. The van der Waals surface area contributed by atoms with Crippen molar-refractivity contribution in [3.8, 4) is 5.75 Å². The molecule has 0 unspecified atom stereocenters. The van der Waals surface area contributed by atoms with E-state index in [-0.39, 0.29) is 0 Å². The lowest BCUT2D eigenvalue weighted by Crippen LogP contribution is -1.93. The highest BCUT2D eigenvalue weighted by molar-refractivity contribution is 5.72. The molecule has 0 atom stereocenters. The fraction of sp³-hybridized carbons (Fsp3) is 0.263. The maximum absolute atomic E-state index is 5.45. The van der Waals surface area contributed by atoms with Crippen LogP contribution >= 0.6 is 0 Å². The van der Waals surface area contributed by atoms with Crippen LogP contribution in [0.15, 0.2) is 60.4 Å². The fourth-order valence-electron chi connectivity index (χ4n) is 2.47. The Morgan fingerprint density at radius 3 is 2.62 bits per heavy atom. The van der Waals surface area contributed by atoms with Crippen molar-refractivity contribution in [2.24, 2.45) is 0 Å². The monoisotopic (exact) mass is 282 g/mol. The quantitative estimate of drug-likeness (QED) is 0.721. The molecule has 2 heteroatoms. The normalized spacial score (nSPS) is 14.5. The fourth-order valence-corrected chi connectivity index (χ4v) is 2.47. The first kappa shape index (κ1) is 15.2. The predicted molar refractivity (Wildman–Crippen MR) is 88.3 cm³/mol. The Morgan fingerprint density at radius 2 is 2.00 bits per heavy atom. The minimum Gasteiger partial charge on any atom is -0.501 e. The Hall–Kier alpha value is -2.22. The molecule has 0 N–H and O–H groups in total. The van der Waals surface area contributed by atoms with Crippen LogP contribution in [0.2, 0.25) is 0 Å². The van der Waals surface area contributed by atoms with Gasteiger partial charge in [-0.2, -0.15) is 0 Å². The van der Waals surface area contributed by atoms with Gasteiger partial charge in [-0.05, 0) is 53.8 Å². The Morgan fingerprint density at radius 1 is 1.19 bits per heavy atom. The van der Waals surface area contributed by atoms with Gasteiger partial charge in [0.25, 0.3) is 0 Å². The van der Waals surface area contributed by atoms with Gasteiger partial charge in [0.15, 0.2) is 0 Å². The molecule has 0 fully saturated rings. The van der Waals surface area contributed by atoms with Crippen LogP contribution < -0.4 is 4.74 Å². The molecular formula is C19H22O2. The molecule has 1 aromatic rings. The Bertz CT molecular complexity index is 618. The highest BCUT2D eigenvalue weighted by atomic mass is 16.5. The number of ether oxygens (including phenoxy) is 2. The lowest BCUT2D eigenvalue weighted by molar-refractivity contribution is 0.286. The smallest absolute Gasteiger partial charge is 0.121 e. The van der Waals surface area contributed by atoms with Crippen molar-refractivity contribution in [2.75, 3.05) is 14.2 Å². The van der Waals surface area contributed by atoms with Crippen LogP contribution in [0.5, 0.6) is 5.75 Å². The first-order valence-electron chi connectivity index (χ1n) is 7.08. The van der Waals surface area contributed by atoms with Gasteiger partial charge in [-0.15, -0.1) is 6.58 Å². The van der Waals surface area contributed by atoms with Gasteiger partial charge in [-0.25, -0.2) is 0 Å². The Labute approximate surface area is 127 Å². The molecule has 21 heavy (non-hydrogen) atoms. The van der Waals surface area contributed by atoms with E-state index in [1.165, 1.54) is 16.7 Å². The molecule has 1 aliphatic rings. The van der Waals surface area contributed by atoms with Gasteiger partial charge in [-0.1, -0.05) is 24.3 Å². The van der Waals surface area contributed by atoms with Crippen molar-refractivity contribution in [3.05, 3.63) is 71.5 Å². The molecule has 1 aliphatic carbocycles. The molecule has 1 aromatic carbocycles. The average molecular weight is 282 g/mol. The van der Waals surface area contributed by atoms with Crippen LogP contribution in [-0.4, -0.2) is 14.2 Å². The zero-order valence-electron chi connectivity index (χ0n) is 13.0. The number of hydrogen-bond donors (Lipinski definition) is 0. The maximum Gasteiger partial charge on any atom is 0.121 e. The van der Waals surface area contributed by atoms with Gasteiger partial charge in [-0.3, -0.25) is 0 Å². The van der Waals surface area contributed by atoms with Crippen LogP contribution in [0.1, 0.15) is 24.0 Å². The van der Waals surface area contributed by atoms with E-state index in [1.807, 2.05) is 18.2 Å². The van der Waals surface area contributed by atoms with E-state index in [2.05, 4.69) is 37.8 Å². The summed E-state index contributed by atoms with van der Waals surface area (Å²) in [4.78, 5) is 0. The second-order valence-electron chi connectivity index (χ2n) is 5.10. The van der Waals surface area contributed by atoms with Crippen LogP contribution in [0, 0.1) is 6.92 Å². The summed E-state index contributed by atoms with van der Waals surface area (Å²) in [5.74, 6) is 1.88. The summed E-state index contributed by atoms with van der Waals surface area (Å²) >= 11 is 0. The van der Waals surface area contributed by atoms with E-state index >= 15 is 0 Å². The Balaban J connectivity index is 2.40. The third-order valence-electron chi connectivity index (χ3n) is 3.62. The van der Waals surface area contributed by atoms with Crippen LogP contribution in [0.4, 0.5) is 0 Å². The second-order valence-corrected chi connectivity index (χ2v) is 5.10. The van der Waals surface area contributed by atoms with E-state index in [0.29, 0.717) is 0 Å². The third kappa shape index (κ3) is 3.66. The summed E-state index contributed by atoms with van der Waals surface area (Å²) < 4.78 is 10.8. The lowest BCUT2D eigenvalue weighted by atomic mass is 9.98. The molecule has 2 rings (SSSR count). The summed E-state index contributed by atoms with van der Waals surface area (Å²) in [6.07, 6.45) is 9.93. The summed E-state index contributed by atoms with van der Waals surface area (Å²) in [5.41, 5.74) is 4.82. The summed E-state index contributed by atoms with van der Waals surface area (Å²) in [5, 5.41) is 0. The van der Waals surface area contributed by atoms with Gasteiger partial charge in [0, 0.05) is 6.42 Å². The minimum absolute atomic E-state index is 0.791. The summed E-state index contributed by atoms with van der Waals surface area (Å²) in [6.45, 7) is 5.88. The molecule has 0 saturated carbocycles. The first-order valence-corrected chi connectivity index (χ1v) is 7.08. The first-order chi connectivity index (χ1) is 10.2. The highest BCUT2D eigenvalue weighted by Crippen LogP contribution is 2.30. The molecule has 0 spiro atoms. The number of aryl methyl sites for hydroxylation is 1. The molecular weight excluding hydrogens is 260 g/mol. The van der Waals surface area contributed by atoms with Crippen LogP contribution in [-0.2, 0) is 4.74 Å². The average Bonchev–Trinajstić information content (AvgIpc) is 2.70. The molecule has 2 nitrogen and oxygen atoms in total. The van der Waals surface area contributed by atoms with Crippen molar-refractivity contribution in [1.29, 1.82) is 0 Å². The van der Waals surface area contributed by atoms with Crippen molar-refractivity contribution in [2.45, 2.75) is 19.8 Å². The van der Waals surface area contributed by atoms with Crippen molar-refractivity contribution >= 4 is 5.57 Å². The lowest BCUT2D eigenvalue weighted by Gasteiger charge is -2.12. The number of benzene rings is 1. The molecule has 0 saturated heterocycles. The zero-order chi connectivity index (χ0) is 15.2. The maximum atomic E-state index is 5.45. The topological polar surface area (TPSA) is 18.5 Å². The standard InChI is InChI=1S/C19H22O2/c1-5-6-15-7-9-18(20-3)13-17(12-15)16-8-10-19(21-4)14(2)11-16/h5,7-12H,1,6,13H2,2-4H3. The predicted octanol–water partition coefficient (Wildman–Crippen LogP) is 4.82. The number of methoxy groups -OCH3 is 2. The van der Waals surface area contributed by atoms with E-state index in [4.69, 9.17) is 9.47 Å². The Kier molecular flexibility index (Phi) is 5.04. The van der Waals surface area contributed by atoms with E-state index < -0.39 is 0 Å². The summed E-state index contributed by atoms with van der Waals surface area (Å²) in [7, 11) is 3.42. The second kappa shape index (κ2) is 6.98. The van der Waals surface area contributed by atoms with Crippen molar-refractivity contribution in [3.63, 3.8) is 0 Å². The largest absolute Gasteiger partial charge is 0.501 e. The van der Waals surface area contributed by atoms with Gasteiger partial charge in [0.2, 0.25) is 0 Å². The van der Waals surface area contributed by atoms with E-state index in [0.717, 1.165) is 29.9 Å². The molecule has 0 radical (unpaired) electrons. The van der Waals surface area contributed by atoms with Gasteiger partial charge < -0.3 is 9.47 Å². The molecule has 0 aromatic heterocycles. The van der Waals surface area contributed by atoms with Crippen LogP contribution in [0.25, 0.3) is 5.57 Å². The highest BCUT2D eigenvalue weighted by Gasteiger charge is 2.11. The molecule has 0 bridgehead atoms. The van der Waals surface area contributed by atoms with Gasteiger partial charge >= 0.3 is 0 Å².